The van der Waals surface area contributed by atoms with Gasteiger partial charge in [-0.25, -0.2) is 4.39 Å². The SMILES string of the molecule is Fc1cccc(-c2[nH]nc3nc(Nc4cccnc4)sc23)c1. The van der Waals surface area contributed by atoms with Crippen LogP contribution in [0.2, 0.25) is 0 Å². The van der Waals surface area contributed by atoms with E-state index in [4.69, 9.17) is 0 Å². The molecule has 108 valence electrons. The molecule has 5 nitrogen and oxygen atoms in total. The Kier molecular flexibility index (Phi) is 3.05. The minimum absolute atomic E-state index is 0.279. The smallest absolute Gasteiger partial charge is 0.194 e. The van der Waals surface area contributed by atoms with Crippen LogP contribution in [0.25, 0.3) is 21.6 Å². The second-order valence-electron chi connectivity index (χ2n) is 4.65. The first-order valence-corrected chi connectivity index (χ1v) is 7.39. The molecule has 4 aromatic rings. The summed E-state index contributed by atoms with van der Waals surface area (Å²) in [5, 5.41) is 11.0. The molecule has 0 aliphatic rings. The third kappa shape index (κ3) is 2.31. The van der Waals surface area contributed by atoms with E-state index in [1.807, 2.05) is 18.2 Å². The lowest BCUT2D eigenvalue weighted by Gasteiger charge is -2.00. The average Bonchev–Trinajstić information content (AvgIpc) is 3.08. The zero-order valence-corrected chi connectivity index (χ0v) is 12.1. The number of hydrogen-bond acceptors (Lipinski definition) is 5. The maximum Gasteiger partial charge on any atom is 0.194 e. The van der Waals surface area contributed by atoms with Crippen molar-refractivity contribution in [2.45, 2.75) is 0 Å². The van der Waals surface area contributed by atoms with Gasteiger partial charge in [0.1, 0.15) is 10.5 Å². The summed E-state index contributed by atoms with van der Waals surface area (Å²) < 4.78 is 14.3. The fourth-order valence-corrected chi connectivity index (χ4v) is 3.11. The number of aromatic amines is 1. The lowest BCUT2D eigenvalue weighted by Crippen LogP contribution is -1.89. The van der Waals surface area contributed by atoms with Crippen LogP contribution in [0.5, 0.6) is 0 Å². The standard InChI is InChI=1S/C15H10FN5S/c16-10-4-1-3-9(7-10)12-13-14(21-20-12)19-15(22-13)18-11-5-2-6-17-8-11/h1-8H,(H2,18,19,20,21). The maximum absolute atomic E-state index is 13.4. The first-order valence-electron chi connectivity index (χ1n) is 6.57. The molecule has 0 aliphatic carbocycles. The lowest BCUT2D eigenvalue weighted by molar-refractivity contribution is 0.628. The lowest BCUT2D eigenvalue weighted by atomic mass is 10.1. The predicted molar refractivity (Wildman–Crippen MR) is 84.7 cm³/mol. The van der Waals surface area contributed by atoms with E-state index in [-0.39, 0.29) is 5.82 Å². The van der Waals surface area contributed by atoms with Crippen molar-refractivity contribution in [3.8, 4) is 11.3 Å². The minimum atomic E-state index is -0.279. The summed E-state index contributed by atoms with van der Waals surface area (Å²) >= 11 is 1.46. The Morgan fingerprint density at radius 2 is 2.14 bits per heavy atom. The van der Waals surface area contributed by atoms with E-state index in [0.29, 0.717) is 5.65 Å². The Bertz CT molecular complexity index is 931. The van der Waals surface area contributed by atoms with E-state index >= 15 is 0 Å². The molecule has 0 saturated heterocycles. The summed E-state index contributed by atoms with van der Waals surface area (Å²) in [6, 6.07) is 10.2. The average molecular weight is 311 g/mol. The summed E-state index contributed by atoms with van der Waals surface area (Å²) in [5.74, 6) is -0.279. The molecule has 7 heteroatoms. The third-order valence-corrected chi connectivity index (χ3v) is 4.11. The third-order valence-electron chi connectivity index (χ3n) is 3.14. The minimum Gasteiger partial charge on any atom is -0.330 e. The van der Waals surface area contributed by atoms with Crippen LogP contribution >= 0.6 is 11.3 Å². The molecule has 0 bridgehead atoms. The van der Waals surface area contributed by atoms with Gasteiger partial charge in [0.15, 0.2) is 10.8 Å². The van der Waals surface area contributed by atoms with Crippen LogP contribution in [0.15, 0.2) is 48.8 Å². The first kappa shape index (κ1) is 12.9. The number of rotatable bonds is 3. The molecule has 0 aliphatic heterocycles. The number of halogens is 1. The molecular formula is C15H10FN5S. The normalized spacial score (nSPS) is 11.0. The highest BCUT2D eigenvalue weighted by Gasteiger charge is 2.14. The molecule has 2 N–H and O–H groups in total. The highest BCUT2D eigenvalue weighted by molar-refractivity contribution is 7.22. The van der Waals surface area contributed by atoms with E-state index in [1.54, 1.807) is 18.5 Å². The molecule has 3 aromatic heterocycles. The molecule has 0 fully saturated rings. The highest BCUT2D eigenvalue weighted by Crippen LogP contribution is 2.34. The molecule has 1 aromatic carbocycles. The molecule has 0 spiro atoms. The molecule has 22 heavy (non-hydrogen) atoms. The van der Waals surface area contributed by atoms with E-state index in [2.05, 4.69) is 25.5 Å². The molecule has 0 saturated carbocycles. The second-order valence-corrected chi connectivity index (χ2v) is 5.65. The van der Waals surface area contributed by atoms with Crippen LogP contribution in [-0.4, -0.2) is 20.2 Å². The second kappa shape index (κ2) is 5.19. The molecular weight excluding hydrogens is 301 g/mol. The topological polar surface area (TPSA) is 66.5 Å². The van der Waals surface area contributed by atoms with Crippen LogP contribution < -0.4 is 5.32 Å². The van der Waals surface area contributed by atoms with Gasteiger partial charge in [0.2, 0.25) is 0 Å². The van der Waals surface area contributed by atoms with Crippen molar-refractivity contribution in [3.63, 3.8) is 0 Å². The van der Waals surface area contributed by atoms with E-state index < -0.39 is 0 Å². The molecule has 0 radical (unpaired) electrons. The Hall–Kier alpha value is -2.80. The number of pyridine rings is 1. The number of nitrogens with one attached hydrogen (secondary N) is 2. The monoisotopic (exact) mass is 311 g/mol. The van der Waals surface area contributed by atoms with Gasteiger partial charge >= 0.3 is 0 Å². The van der Waals surface area contributed by atoms with Gasteiger partial charge in [0.05, 0.1) is 17.6 Å². The van der Waals surface area contributed by atoms with Gasteiger partial charge in [-0.3, -0.25) is 10.1 Å². The number of anilines is 2. The van der Waals surface area contributed by atoms with Crippen molar-refractivity contribution >= 4 is 32.5 Å². The zero-order chi connectivity index (χ0) is 14.9. The number of nitrogens with zero attached hydrogens (tertiary/aromatic N) is 3. The van der Waals surface area contributed by atoms with E-state index in [1.165, 1.54) is 23.5 Å². The van der Waals surface area contributed by atoms with E-state index in [0.717, 1.165) is 26.8 Å². The fourth-order valence-electron chi connectivity index (χ4n) is 2.16. The maximum atomic E-state index is 13.4. The largest absolute Gasteiger partial charge is 0.330 e. The van der Waals surface area contributed by atoms with Crippen molar-refractivity contribution in [1.82, 2.24) is 20.2 Å². The van der Waals surface area contributed by atoms with Gasteiger partial charge in [-0.1, -0.05) is 23.5 Å². The molecule has 4 rings (SSSR count). The Labute approximate surface area is 128 Å². The Morgan fingerprint density at radius 3 is 2.95 bits per heavy atom. The van der Waals surface area contributed by atoms with E-state index in [9.17, 15) is 4.39 Å². The first-order chi connectivity index (χ1) is 10.8. The molecule has 0 amide bonds. The van der Waals surface area contributed by atoms with Crippen molar-refractivity contribution in [1.29, 1.82) is 0 Å². The van der Waals surface area contributed by atoms with Crippen LogP contribution in [0.4, 0.5) is 15.2 Å². The summed E-state index contributed by atoms with van der Waals surface area (Å²) in [6.07, 6.45) is 3.43. The number of thiazole rings is 1. The van der Waals surface area contributed by atoms with Crippen LogP contribution in [-0.2, 0) is 0 Å². The summed E-state index contributed by atoms with van der Waals surface area (Å²) in [5.41, 5.74) is 2.98. The summed E-state index contributed by atoms with van der Waals surface area (Å²) in [4.78, 5) is 8.47. The van der Waals surface area contributed by atoms with Crippen molar-refractivity contribution < 1.29 is 4.39 Å². The van der Waals surface area contributed by atoms with Gasteiger partial charge in [-0.15, -0.1) is 0 Å². The number of hydrogen-bond donors (Lipinski definition) is 2. The summed E-state index contributed by atoms with van der Waals surface area (Å²) in [6.45, 7) is 0. The van der Waals surface area contributed by atoms with Gasteiger partial charge in [-0.2, -0.15) is 10.1 Å². The van der Waals surface area contributed by atoms with Gasteiger partial charge in [0, 0.05) is 11.8 Å². The predicted octanol–water partition coefficient (Wildman–Crippen LogP) is 3.96. The fraction of sp³-hybridized carbons (Fsp3) is 0. The summed E-state index contributed by atoms with van der Waals surface area (Å²) in [7, 11) is 0. The van der Waals surface area contributed by atoms with Crippen molar-refractivity contribution in [3.05, 3.63) is 54.6 Å². The molecule has 3 heterocycles. The number of fused-ring (bicyclic) bond motifs is 1. The van der Waals surface area contributed by atoms with Gasteiger partial charge in [0.25, 0.3) is 0 Å². The quantitative estimate of drug-likeness (QED) is 0.601. The Morgan fingerprint density at radius 1 is 1.18 bits per heavy atom. The van der Waals surface area contributed by atoms with Gasteiger partial charge in [-0.05, 0) is 24.3 Å². The Balaban J connectivity index is 1.73. The van der Waals surface area contributed by atoms with Crippen LogP contribution in [0, 0.1) is 5.82 Å². The van der Waals surface area contributed by atoms with Crippen LogP contribution in [0.3, 0.4) is 0 Å². The molecule has 0 unspecified atom stereocenters. The van der Waals surface area contributed by atoms with Crippen molar-refractivity contribution in [2.24, 2.45) is 0 Å². The zero-order valence-electron chi connectivity index (χ0n) is 11.2. The number of benzene rings is 1. The van der Waals surface area contributed by atoms with Crippen molar-refractivity contribution in [2.75, 3.05) is 5.32 Å². The number of H-pyrrole nitrogens is 1. The van der Waals surface area contributed by atoms with Gasteiger partial charge < -0.3 is 5.32 Å². The molecule has 0 atom stereocenters. The number of aromatic nitrogens is 4. The highest BCUT2D eigenvalue weighted by atomic mass is 32.1. The van der Waals surface area contributed by atoms with Crippen LogP contribution in [0.1, 0.15) is 0 Å².